The zero-order valence-electron chi connectivity index (χ0n) is 31.3. The first-order chi connectivity index (χ1) is 25.1. The van der Waals surface area contributed by atoms with Crippen LogP contribution in [0.2, 0.25) is 0 Å². The Bertz CT molecular complexity index is 1300. The molecule has 0 spiro atoms. The number of carbonyl (C=O) groups excluding carboxylic acids is 1. The normalized spacial score (nSPS) is 49.4. The lowest BCUT2D eigenvalue weighted by Gasteiger charge is -2.48. The predicted octanol–water partition coefficient (Wildman–Crippen LogP) is 4.35. The molecule has 0 amide bonds. The molecule has 0 aliphatic carbocycles. The number of ether oxygens (including phenoxy) is 8. The number of aliphatic hydroxyl groups excluding tert-OH is 1. The summed E-state index contributed by atoms with van der Waals surface area (Å²) in [6.07, 6.45) is 7.12. The van der Waals surface area contributed by atoms with E-state index in [0.29, 0.717) is 44.8 Å². The number of Topliss-reactive ketones (excluding diaryl/α,β-unsaturated/α-hetero) is 1. The lowest BCUT2D eigenvalue weighted by atomic mass is 9.78. The molecular formula is C41H63NO10. The van der Waals surface area contributed by atoms with Gasteiger partial charge in [0.2, 0.25) is 0 Å². The van der Waals surface area contributed by atoms with Gasteiger partial charge in [0, 0.05) is 45.4 Å². The van der Waals surface area contributed by atoms with Gasteiger partial charge >= 0.3 is 0 Å². The van der Waals surface area contributed by atoms with Crippen LogP contribution in [0.15, 0.2) is 24.3 Å². The molecule has 18 atom stereocenters. The second kappa shape index (κ2) is 16.1. The van der Waals surface area contributed by atoms with Crippen LogP contribution in [0.1, 0.15) is 97.3 Å². The largest absolute Gasteiger partial charge is 0.392 e. The van der Waals surface area contributed by atoms with Gasteiger partial charge in [-0.1, -0.05) is 27.0 Å². The third kappa shape index (κ3) is 7.75. The van der Waals surface area contributed by atoms with Crippen LogP contribution >= 0.6 is 0 Å². The van der Waals surface area contributed by atoms with Crippen molar-refractivity contribution in [2.75, 3.05) is 19.8 Å². The summed E-state index contributed by atoms with van der Waals surface area (Å²) in [5.74, 6) is 0.545. The van der Waals surface area contributed by atoms with E-state index >= 15 is 0 Å². The molecule has 10 fully saturated rings. The number of hydrogen-bond donors (Lipinski definition) is 2. The summed E-state index contributed by atoms with van der Waals surface area (Å²) in [4.78, 5) is 14.0. The summed E-state index contributed by atoms with van der Waals surface area (Å²) in [7, 11) is 0. The predicted molar refractivity (Wildman–Crippen MR) is 192 cm³/mol. The van der Waals surface area contributed by atoms with E-state index in [1.165, 1.54) is 5.57 Å². The molecule has 0 aromatic carbocycles. The maximum Gasteiger partial charge on any atom is 0.135 e. The minimum absolute atomic E-state index is 0.0164. The monoisotopic (exact) mass is 729 g/mol. The number of hydrogen-bond acceptors (Lipinski definition) is 11. The van der Waals surface area contributed by atoms with E-state index < -0.39 is 6.10 Å². The van der Waals surface area contributed by atoms with E-state index in [0.717, 1.165) is 63.4 Å². The van der Waals surface area contributed by atoms with Crippen molar-refractivity contribution in [1.82, 2.24) is 0 Å². The van der Waals surface area contributed by atoms with Crippen molar-refractivity contribution in [1.29, 1.82) is 0 Å². The molecule has 10 saturated heterocycles. The number of rotatable bonds is 3. The fourth-order valence-corrected chi connectivity index (χ4v) is 10.8. The lowest BCUT2D eigenvalue weighted by molar-refractivity contribution is -0.267. The zero-order chi connectivity index (χ0) is 36.1. The SMILES string of the molecule is C=C1C[C@@H]2CCCOC3[C@@H]4CCO[C@H]5[C@H]6OC(CC[C@@H]6O[C@@H]3[C@H]5O4)CC(=O)C[C@H]3C(C[C@H]4O[C@@H](CCC1O2)C[C@@H](C)C4=C)OC(C[C@H](O)CN)[C@@H]3C. The average Bonchev–Trinajstić information content (AvgIpc) is 3.67. The third-order valence-corrected chi connectivity index (χ3v) is 13.8. The summed E-state index contributed by atoms with van der Waals surface area (Å²) in [6.45, 7) is 14.7. The number of nitrogens with two attached hydrogens (primary N) is 1. The van der Waals surface area contributed by atoms with Crippen LogP contribution < -0.4 is 5.73 Å². The molecule has 10 aliphatic rings. The fourth-order valence-electron chi connectivity index (χ4n) is 10.8. The highest BCUT2D eigenvalue weighted by atomic mass is 16.7. The minimum atomic E-state index is -0.651. The van der Waals surface area contributed by atoms with Crippen LogP contribution in [-0.4, -0.2) is 122 Å². The number of carbonyl (C=O) groups is 1. The van der Waals surface area contributed by atoms with Crippen LogP contribution in [0.5, 0.6) is 0 Å². The highest BCUT2D eigenvalue weighted by molar-refractivity contribution is 5.79. The van der Waals surface area contributed by atoms with Gasteiger partial charge in [-0.2, -0.15) is 0 Å². The molecule has 0 aromatic rings. The molecule has 10 rings (SSSR count). The Morgan fingerprint density at radius 3 is 2.27 bits per heavy atom. The van der Waals surface area contributed by atoms with Gasteiger partial charge in [-0.05, 0) is 86.7 Å². The summed E-state index contributed by atoms with van der Waals surface area (Å²) >= 11 is 0. The molecule has 3 N–H and O–H groups in total. The van der Waals surface area contributed by atoms with E-state index in [9.17, 15) is 9.90 Å². The zero-order valence-corrected chi connectivity index (χ0v) is 31.3. The van der Waals surface area contributed by atoms with Crippen molar-refractivity contribution < 1.29 is 47.8 Å². The Kier molecular flexibility index (Phi) is 11.6. The number of fused-ring (bicyclic) bond motifs is 2. The summed E-state index contributed by atoms with van der Waals surface area (Å²) in [6, 6.07) is 0. The van der Waals surface area contributed by atoms with Gasteiger partial charge < -0.3 is 48.7 Å². The third-order valence-electron chi connectivity index (χ3n) is 13.8. The van der Waals surface area contributed by atoms with Gasteiger partial charge in [-0.25, -0.2) is 0 Å². The van der Waals surface area contributed by atoms with Crippen LogP contribution in [0.3, 0.4) is 0 Å². The van der Waals surface area contributed by atoms with Crippen LogP contribution in [0.4, 0.5) is 0 Å². The molecule has 292 valence electrons. The lowest BCUT2D eigenvalue weighted by Crippen LogP contribution is -2.62. The Balaban J connectivity index is 1.02. The maximum absolute atomic E-state index is 14.0. The van der Waals surface area contributed by atoms with Crippen molar-refractivity contribution in [2.24, 2.45) is 23.5 Å². The van der Waals surface area contributed by atoms with Gasteiger partial charge in [0.05, 0.1) is 61.0 Å². The summed E-state index contributed by atoms with van der Waals surface area (Å²) in [5, 5.41) is 10.5. The van der Waals surface area contributed by atoms with Gasteiger partial charge in [-0.15, -0.1) is 0 Å². The fraction of sp³-hybridized carbons (Fsp3) is 0.878. The standard InChI is InChI=1S/C41H63NO10/c1-21-14-28-7-9-31-22(2)15-27(47-31)6-5-12-45-37-33-11-13-46-39-38-32(51-40(37)41(39)52-33)10-8-29(49-38)16-25(43)17-30-24(4)34(18-26(44)20-42)50-36(30)19-35(48-28)23(21)3/h21,24,26-41,44H,2-3,5-20,42H2,1,4H3/t21-,24-,26+,27+,28+,29?,30-,31?,32+,33+,34?,35-,36?,37?,38+,39+,40+,41+/m1/s1. The molecule has 10 aliphatic heterocycles. The van der Waals surface area contributed by atoms with Crippen LogP contribution in [0, 0.1) is 17.8 Å². The van der Waals surface area contributed by atoms with Crippen molar-refractivity contribution >= 4 is 5.78 Å². The van der Waals surface area contributed by atoms with Crippen molar-refractivity contribution in [2.45, 2.75) is 189 Å². The second-order valence-corrected chi connectivity index (χ2v) is 17.4. The number of ketones is 1. The molecule has 10 heterocycles. The van der Waals surface area contributed by atoms with Crippen LogP contribution in [0.25, 0.3) is 0 Å². The van der Waals surface area contributed by atoms with Gasteiger partial charge in [-0.3, -0.25) is 4.79 Å². The van der Waals surface area contributed by atoms with E-state index in [2.05, 4.69) is 27.0 Å². The first-order valence-corrected chi connectivity index (χ1v) is 20.6. The van der Waals surface area contributed by atoms with Gasteiger partial charge in [0.15, 0.2) is 0 Å². The topological polar surface area (TPSA) is 137 Å². The van der Waals surface area contributed by atoms with Crippen LogP contribution in [-0.2, 0) is 42.7 Å². The first-order valence-electron chi connectivity index (χ1n) is 20.6. The van der Waals surface area contributed by atoms with Crippen molar-refractivity contribution in [3.63, 3.8) is 0 Å². The van der Waals surface area contributed by atoms with E-state index in [1.807, 2.05) is 0 Å². The molecular weight excluding hydrogens is 666 g/mol. The van der Waals surface area contributed by atoms with Gasteiger partial charge in [0.1, 0.15) is 36.3 Å². The Hall–Kier alpha value is -1.25. The molecule has 11 bridgehead atoms. The first kappa shape index (κ1) is 37.7. The van der Waals surface area contributed by atoms with Crippen molar-refractivity contribution in [3.05, 3.63) is 24.3 Å². The molecule has 52 heavy (non-hydrogen) atoms. The molecule has 0 radical (unpaired) electrons. The molecule has 11 heteroatoms. The Labute approximate surface area is 309 Å². The minimum Gasteiger partial charge on any atom is -0.392 e. The highest BCUT2D eigenvalue weighted by Crippen LogP contribution is 2.46. The Morgan fingerprint density at radius 2 is 1.44 bits per heavy atom. The van der Waals surface area contributed by atoms with Crippen molar-refractivity contribution in [3.8, 4) is 0 Å². The van der Waals surface area contributed by atoms with E-state index in [4.69, 9.17) is 43.6 Å². The molecule has 0 saturated carbocycles. The molecule has 11 nitrogen and oxygen atoms in total. The second-order valence-electron chi connectivity index (χ2n) is 17.4. The smallest absolute Gasteiger partial charge is 0.135 e. The summed E-state index contributed by atoms with van der Waals surface area (Å²) in [5.41, 5.74) is 8.08. The molecule has 5 unspecified atom stereocenters. The average molecular weight is 730 g/mol. The van der Waals surface area contributed by atoms with E-state index in [1.54, 1.807) is 0 Å². The number of aliphatic hydroxyl groups is 1. The molecule has 0 aromatic heterocycles. The van der Waals surface area contributed by atoms with Gasteiger partial charge in [0.25, 0.3) is 0 Å². The Morgan fingerprint density at radius 1 is 0.712 bits per heavy atom. The quantitative estimate of drug-likeness (QED) is 0.402. The van der Waals surface area contributed by atoms with E-state index in [-0.39, 0.29) is 110 Å². The maximum atomic E-state index is 14.0. The summed E-state index contributed by atoms with van der Waals surface area (Å²) < 4.78 is 53.1. The highest BCUT2D eigenvalue weighted by Gasteiger charge is 2.60.